The second-order valence-corrected chi connectivity index (χ2v) is 5.07. The average Bonchev–Trinajstić information content (AvgIpc) is 2.62. The molecule has 0 saturated carbocycles. The van der Waals surface area contributed by atoms with Gasteiger partial charge in [-0.15, -0.1) is 10.2 Å². The highest BCUT2D eigenvalue weighted by Gasteiger charge is 2.27. The normalized spacial score (nSPS) is 14.4. The number of amides is 1. The molecule has 0 aliphatic carbocycles. The molecule has 0 spiro atoms. The zero-order valence-corrected chi connectivity index (χ0v) is 13.9. The van der Waals surface area contributed by atoms with Crippen LogP contribution in [0.2, 0.25) is 0 Å². The van der Waals surface area contributed by atoms with Gasteiger partial charge in [-0.05, 0) is 13.0 Å². The molecule has 1 saturated heterocycles. The van der Waals surface area contributed by atoms with Crippen molar-refractivity contribution in [2.24, 2.45) is 0 Å². The number of hydrogen-bond donors (Lipinski definition) is 0. The van der Waals surface area contributed by atoms with E-state index in [0.717, 1.165) is 0 Å². The molecule has 0 bridgehead atoms. The van der Waals surface area contributed by atoms with Crippen LogP contribution in [0.5, 0.6) is 5.88 Å². The van der Waals surface area contributed by atoms with E-state index in [0.29, 0.717) is 51.1 Å². The molecule has 0 aromatic carbocycles. The fraction of sp³-hybridized carbons (Fsp3) is 0.600. The van der Waals surface area contributed by atoms with Gasteiger partial charge in [0.05, 0.1) is 13.2 Å². The molecule has 9 heteroatoms. The lowest BCUT2D eigenvalue weighted by atomic mass is 10.3. The molecule has 1 aliphatic rings. The number of hydrogen-bond acceptors (Lipinski definition) is 8. The fourth-order valence-corrected chi connectivity index (χ4v) is 2.25. The second-order valence-electron chi connectivity index (χ2n) is 5.07. The van der Waals surface area contributed by atoms with E-state index in [-0.39, 0.29) is 6.61 Å². The smallest absolute Gasteiger partial charge is 0.397 e. The molecule has 0 unspecified atom stereocenters. The van der Waals surface area contributed by atoms with E-state index in [1.807, 2.05) is 11.0 Å². The molecule has 1 aromatic rings. The predicted octanol–water partition coefficient (Wildman–Crippen LogP) is -0.286. The largest absolute Gasteiger partial charge is 0.474 e. The monoisotopic (exact) mass is 338 g/mol. The highest BCUT2D eigenvalue weighted by Crippen LogP contribution is 2.15. The zero-order valence-electron chi connectivity index (χ0n) is 13.9. The van der Waals surface area contributed by atoms with E-state index in [2.05, 4.69) is 10.2 Å². The third-order valence-corrected chi connectivity index (χ3v) is 3.50. The SMILES string of the molecule is CCOC(=O)C(=O)N1CCN(c2ccc(OCCOC)nn2)CC1. The Morgan fingerprint density at radius 2 is 1.88 bits per heavy atom. The minimum atomic E-state index is -0.802. The van der Waals surface area contributed by atoms with E-state index in [4.69, 9.17) is 14.2 Å². The summed E-state index contributed by atoms with van der Waals surface area (Å²) < 4.78 is 15.0. The van der Waals surface area contributed by atoms with Crippen LogP contribution < -0.4 is 9.64 Å². The Labute approximate surface area is 140 Å². The molecule has 9 nitrogen and oxygen atoms in total. The maximum atomic E-state index is 11.9. The lowest BCUT2D eigenvalue weighted by Crippen LogP contribution is -2.51. The van der Waals surface area contributed by atoms with Gasteiger partial charge in [0.15, 0.2) is 5.82 Å². The second kappa shape index (κ2) is 9.02. The summed E-state index contributed by atoms with van der Waals surface area (Å²) in [7, 11) is 1.60. The first kappa shape index (κ1) is 17.9. The summed E-state index contributed by atoms with van der Waals surface area (Å²) in [6, 6.07) is 3.56. The third-order valence-electron chi connectivity index (χ3n) is 3.50. The van der Waals surface area contributed by atoms with Crippen LogP contribution in [0.4, 0.5) is 5.82 Å². The van der Waals surface area contributed by atoms with Crippen LogP contribution in [0.3, 0.4) is 0 Å². The van der Waals surface area contributed by atoms with Crippen molar-refractivity contribution in [3.8, 4) is 5.88 Å². The van der Waals surface area contributed by atoms with E-state index in [9.17, 15) is 9.59 Å². The average molecular weight is 338 g/mol. The zero-order chi connectivity index (χ0) is 17.4. The molecule has 1 fully saturated rings. The standard InChI is InChI=1S/C15H22N4O5/c1-3-23-15(21)14(20)19-8-6-18(7-9-19)12-4-5-13(17-16-12)24-11-10-22-2/h4-5H,3,6-11H2,1-2H3. The van der Waals surface area contributed by atoms with Gasteiger partial charge < -0.3 is 24.0 Å². The number of anilines is 1. The molecule has 0 atom stereocenters. The molecular formula is C15H22N4O5. The number of nitrogens with zero attached hydrogens (tertiary/aromatic N) is 4. The van der Waals surface area contributed by atoms with Crippen LogP contribution in [-0.4, -0.2) is 80.1 Å². The Kier molecular flexibility index (Phi) is 6.74. The number of rotatable bonds is 6. The topological polar surface area (TPSA) is 94.1 Å². The number of carbonyl (C=O) groups excluding carboxylic acids is 2. The Morgan fingerprint density at radius 3 is 2.46 bits per heavy atom. The van der Waals surface area contributed by atoms with E-state index >= 15 is 0 Å². The first-order valence-electron chi connectivity index (χ1n) is 7.82. The molecule has 1 aromatic heterocycles. The summed E-state index contributed by atoms with van der Waals surface area (Å²) in [6.07, 6.45) is 0. The van der Waals surface area contributed by atoms with Crippen LogP contribution in [0.25, 0.3) is 0 Å². The van der Waals surface area contributed by atoms with Crippen molar-refractivity contribution in [3.05, 3.63) is 12.1 Å². The quantitative estimate of drug-likeness (QED) is 0.397. The fourth-order valence-electron chi connectivity index (χ4n) is 2.25. The van der Waals surface area contributed by atoms with Gasteiger partial charge in [0.2, 0.25) is 5.88 Å². The molecule has 0 N–H and O–H groups in total. The Bertz CT molecular complexity index is 543. The van der Waals surface area contributed by atoms with E-state index < -0.39 is 11.9 Å². The molecule has 2 rings (SSSR count). The molecule has 1 amide bonds. The van der Waals surface area contributed by atoms with Gasteiger partial charge in [0, 0.05) is 39.4 Å². The highest BCUT2D eigenvalue weighted by molar-refractivity contribution is 6.32. The number of carbonyl (C=O) groups is 2. The maximum absolute atomic E-state index is 11.9. The molecule has 0 radical (unpaired) electrons. The van der Waals surface area contributed by atoms with Gasteiger partial charge in [-0.25, -0.2) is 4.79 Å². The first-order valence-corrected chi connectivity index (χ1v) is 7.82. The molecule has 2 heterocycles. The van der Waals surface area contributed by atoms with Crippen molar-refractivity contribution in [3.63, 3.8) is 0 Å². The summed E-state index contributed by atoms with van der Waals surface area (Å²) in [6.45, 7) is 4.78. The minimum Gasteiger partial charge on any atom is -0.474 e. The van der Waals surface area contributed by atoms with Gasteiger partial charge in [-0.1, -0.05) is 0 Å². The summed E-state index contributed by atoms with van der Waals surface area (Å²) >= 11 is 0. The summed E-state index contributed by atoms with van der Waals surface area (Å²) in [5.74, 6) is -0.253. The molecular weight excluding hydrogens is 316 g/mol. The Morgan fingerprint density at radius 1 is 1.12 bits per heavy atom. The van der Waals surface area contributed by atoms with Crippen molar-refractivity contribution < 1.29 is 23.8 Å². The van der Waals surface area contributed by atoms with E-state index in [1.54, 1.807) is 20.1 Å². The third kappa shape index (κ3) is 4.79. The number of aromatic nitrogens is 2. The van der Waals surface area contributed by atoms with Crippen LogP contribution in [0, 0.1) is 0 Å². The van der Waals surface area contributed by atoms with Crippen molar-refractivity contribution in [2.75, 3.05) is 58.0 Å². The van der Waals surface area contributed by atoms with Crippen molar-refractivity contribution in [2.45, 2.75) is 6.92 Å². The Hall–Kier alpha value is -2.42. The molecule has 132 valence electrons. The minimum absolute atomic E-state index is 0.193. The highest BCUT2D eigenvalue weighted by atomic mass is 16.5. The van der Waals surface area contributed by atoms with Crippen molar-refractivity contribution in [1.29, 1.82) is 0 Å². The van der Waals surface area contributed by atoms with Gasteiger partial charge in [0.25, 0.3) is 0 Å². The predicted molar refractivity (Wildman–Crippen MR) is 84.8 cm³/mol. The lowest BCUT2D eigenvalue weighted by molar-refractivity contribution is -0.160. The number of methoxy groups -OCH3 is 1. The molecule has 24 heavy (non-hydrogen) atoms. The van der Waals surface area contributed by atoms with Gasteiger partial charge in [0.1, 0.15) is 6.61 Å². The van der Waals surface area contributed by atoms with Gasteiger partial charge >= 0.3 is 11.9 Å². The summed E-state index contributed by atoms with van der Waals surface area (Å²) in [5.41, 5.74) is 0. The van der Waals surface area contributed by atoms with Crippen LogP contribution in [0.15, 0.2) is 12.1 Å². The maximum Gasteiger partial charge on any atom is 0.397 e. The van der Waals surface area contributed by atoms with Crippen molar-refractivity contribution >= 4 is 17.7 Å². The van der Waals surface area contributed by atoms with Crippen LogP contribution in [0.1, 0.15) is 6.92 Å². The van der Waals surface area contributed by atoms with Crippen LogP contribution >= 0.6 is 0 Å². The number of esters is 1. The summed E-state index contributed by atoms with van der Waals surface area (Å²) in [4.78, 5) is 26.8. The number of ether oxygens (including phenoxy) is 3. The van der Waals surface area contributed by atoms with Crippen LogP contribution in [-0.2, 0) is 19.1 Å². The van der Waals surface area contributed by atoms with E-state index in [1.165, 1.54) is 4.90 Å². The van der Waals surface area contributed by atoms with Crippen molar-refractivity contribution in [1.82, 2.24) is 15.1 Å². The van der Waals surface area contributed by atoms with Gasteiger partial charge in [-0.3, -0.25) is 4.79 Å². The number of piperazine rings is 1. The van der Waals surface area contributed by atoms with Gasteiger partial charge in [-0.2, -0.15) is 0 Å². The Balaban J connectivity index is 1.83. The lowest BCUT2D eigenvalue weighted by Gasteiger charge is -2.34. The molecule has 1 aliphatic heterocycles. The summed E-state index contributed by atoms with van der Waals surface area (Å²) in [5, 5.41) is 8.14. The first-order chi connectivity index (χ1) is 11.7.